The third kappa shape index (κ3) is 2.32. The first-order valence-corrected chi connectivity index (χ1v) is 9.40. The summed E-state index contributed by atoms with van der Waals surface area (Å²) in [5.41, 5.74) is 1.43. The number of fused-ring (bicyclic) bond motifs is 2. The van der Waals surface area contributed by atoms with Crippen molar-refractivity contribution in [1.29, 1.82) is 0 Å². The van der Waals surface area contributed by atoms with Crippen LogP contribution in [0.5, 0.6) is 0 Å². The first-order chi connectivity index (χ1) is 11.3. The zero-order chi connectivity index (χ0) is 15.4. The molecule has 4 saturated heterocycles. The molecule has 0 aromatic heterocycles. The van der Waals surface area contributed by atoms with Crippen molar-refractivity contribution in [1.82, 2.24) is 9.80 Å². The highest BCUT2D eigenvalue weighted by atomic mass is 16.2. The lowest BCUT2D eigenvalue weighted by molar-refractivity contribution is -0.136. The molecular weight excluding hydrogens is 284 g/mol. The van der Waals surface area contributed by atoms with Crippen LogP contribution in [0.15, 0.2) is 30.3 Å². The molecule has 1 aliphatic carbocycles. The Hall–Kier alpha value is -1.35. The van der Waals surface area contributed by atoms with Gasteiger partial charge in [0.25, 0.3) is 0 Å². The Morgan fingerprint density at radius 2 is 1.74 bits per heavy atom. The van der Waals surface area contributed by atoms with Crippen molar-refractivity contribution in [3.8, 4) is 0 Å². The van der Waals surface area contributed by atoms with Crippen LogP contribution in [0, 0.1) is 11.8 Å². The fraction of sp³-hybridized carbons (Fsp3) is 0.650. The number of carbonyl (C=O) groups is 1. The van der Waals surface area contributed by atoms with Gasteiger partial charge in [-0.05, 0) is 56.2 Å². The number of amides is 1. The highest BCUT2D eigenvalue weighted by molar-refractivity contribution is 5.78. The van der Waals surface area contributed by atoms with Crippen LogP contribution in [0.1, 0.15) is 43.6 Å². The van der Waals surface area contributed by atoms with Gasteiger partial charge in [0.15, 0.2) is 0 Å². The molecule has 4 heterocycles. The summed E-state index contributed by atoms with van der Waals surface area (Å²) in [7, 11) is 0. The lowest BCUT2D eigenvalue weighted by Gasteiger charge is -2.51. The van der Waals surface area contributed by atoms with E-state index in [1.165, 1.54) is 44.3 Å². The number of likely N-dealkylation sites (tertiary alicyclic amines) is 1. The van der Waals surface area contributed by atoms with Gasteiger partial charge in [-0.25, -0.2) is 0 Å². The molecule has 2 bridgehead atoms. The summed E-state index contributed by atoms with van der Waals surface area (Å²) in [6.07, 6.45) is 5.92. The zero-order valence-electron chi connectivity index (χ0n) is 13.7. The molecule has 1 aromatic rings. The average Bonchev–Trinajstić information content (AvgIpc) is 3.31. The van der Waals surface area contributed by atoms with Gasteiger partial charge in [0, 0.05) is 24.9 Å². The van der Waals surface area contributed by atoms with E-state index in [0.717, 1.165) is 18.9 Å². The van der Waals surface area contributed by atoms with Crippen molar-refractivity contribution in [2.45, 2.75) is 50.1 Å². The Kier molecular flexibility index (Phi) is 3.26. The molecule has 1 aromatic carbocycles. The third-order valence-corrected chi connectivity index (χ3v) is 6.70. The van der Waals surface area contributed by atoms with Crippen molar-refractivity contribution < 1.29 is 4.79 Å². The summed E-state index contributed by atoms with van der Waals surface area (Å²) >= 11 is 0. The fourth-order valence-corrected chi connectivity index (χ4v) is 5.38. The van der Waals surface area contributed by atoms with Crippen LogP contribution < -0.4 is 0 Å². The van der Waals surface area contributed by atoms with E-state index in [1.54, 1.807) is 0 Å². The predicted molar refractivity (Wildman–Crippen MR) is 90.1 cm³/mol. The maximum atomic E-state index is 12.9. The van der Waals surface area contributed by atoms with E-state index in [-0.39, 0.29) is 0 Å². The average molecular weight is 310 g/mol. The number of rotatable bonds is 3. The van der Waals surface area contributed by atoms with Crippen molar-refractivity contribution in [2.24, 2.45) is 11.8 Å². The minimum absolute atomic E-state index is 0.440. The molecule has 1 saturated carbocycles. The molecule has 1 amide bonds. The zero-order valence-corrected chi connectivity index (χ0v) is 13.7. The molecule has 0 unspecified atom stereocenters. The molecule has 0 N–H and O–H groups in total. The third-order valence-electron chi connectivity index (χ3n) is 6.70. The Morgan fingerprint density at radius 1 is 1.00 bits per heavy atom. The Balaban J connectivity index is 1.47. The van der Waals surface area contributed by atoms with Crippen molar-refractivity contribution >= 4 is 5.91 Å². The highest BCUT2D eigenvalue weighted by Gasteiger charge is 2.54. The van der Waals surface area contributed by atoms with Gasteiger partial charge >= 0.3 is 0 Å². The lowest BCUT2D eigenvalue weighted by Crippen LogP contribution is -2.60. The van der Waals surface area contributed by atoms with Gasteiger partial charge < -0.3 is 4.90 Å². The molecule has 6 rings (SSSR count). The van der Waals surface area contributed by atoms with Crippen LogP contribution in [0.2, 0.25) is 0 Å². The Labute approximate surface area is 138 Å². The van der Waals surface area contributed by atoms with Gasteiger partial charge in [-0.3, -0.25) is 9.69 Å². The van der Waals surface area contributed by atoms with E-state index < -0.39 is 0 Å². The molecule has 3 heteroatoms. The summed E-state index contributed by atoms with van der Waals surface area (Å²) in [5.74, 6) is 2.38. The molecule has 0 radical (unpaired) electrons. The van der Waals surface area contributed by atoms with Crippen LogP contribution in [0.3, 0.4) is 0 Å². The number of hydrogen-bond donors (Lipinski definition) is 0. The van der Waals surface area contributed by atoms with Gasteiger partial charge in [0.05, 0.1) is 6.04 Å². The van der Waals surface area contributed by atoms with Gasteiger partial charge in [0.1, 0.15) is 0 Å². The number of piperidine rings is 3. The second kappa shape index (κ2) is 5.34. The van der Waals surface area contributed by atoms with E-state index in [0.29, 0.717) is 29.8 Å². The van der Waals surface area contributed by atoms with E-state index >= 15 is 0 Å². The number of hydrogen-bond acceptors (Lipinski definition) is 2. The van der Waals surface area contributed by atoms with Crippen molar-refractivity contribution in [3.63, 3.8) is 0 Å². The molecule has 5 aliphatic rings. The first kappa shape index (κ1) is 14.0. The first-order valence-electron chi connectivity index (χ1n) is 9.40. The van der Waals surface area contributed by atoms with Gasteiger partial charge in [-0.15, -0.1) is 0 Å². The standard InChI is InChI=1S/C20H26N2O/c23-18(12-14-6-7-14)22-13-17(15-4-2-1-3-5-15)20-19(22)16-8-10-21(20)11-9-16/h1-5,14,16-17,19-20H,6-13H2/t17-,19+,20+/m0/s1. The Bertz CT molecular complexity index is 589. The van der Waals surface area contributed by atoms with Crippen molar-refractivity contribution in [2.75, 3.05) is 19.6 Å². The van der Waals surface area contributed by atoms with E-state index in [1.807, 2.05) is 0 Å². The normalized spacial score (nSPS) is 38.6. The molecule has 0 spiro atoms. The van der Waals surface area contributed by atoms with Crippen LogP contribution >= 0.6 is 0 Å². The second-order valence-corrected chi connectivity index (χ2v) is 8.07. The summed E-state index contributed by atoms with van der Waals surface area (Å²) < 4.78 is 0. The van der Waals surface area contributed by atoms with E-state index in [2.05, 4.69) is 40.1 Å². The van der Waals surface area contributed by atoms with Crippen LogP contribution in [0.25, 0.3) is 0 Å². The van der Waals surface area contributed by atoms with Crippen LogP contribution in [0.4, 0.5) is 0 Å². The van der Waals surface area contributed by atoms with Gasteiger partial charge in [-0.2, -0.15) is 0 Å². The molecule has 122 valence electrons. The maximum absolute atomic E-state index is 12.9. The molecule has 5 fully saturated rings. The van der Waals surface area contributed by atoms with Crippen molar-refractivity contribution in [3.05, 3.63) is 35.9 Å². The van der Waals surface area contributed by atoms with Crippen LogP contribution in [-0.2, 0) is 4.79 Å². The summed E-state index contributed by atoms with van der Waals surface area (Å²) in [6, 6.07) is 12.0. The molecule has 3 atom stereocenters. The lowest BCUT2D eigenvalue weighted by atomic mass is 9.75. The minimum Gasteiger partial charge on any atom is -0.337 e. The highest BCUT2D eigenvalue weighted by Crippen LogP contribution is 2.47. The molecular formula is C20H26N2O. The predicted octanol–water partition coefficient (Wildman–Crippen LogP) is 2.88. The van der Waals surface area contributed by atoms with Gasteiger partial charge in [-0.1, -0.05) is 30.3 Å². The molecule has 3 nitrogen and oxygen atoms in total. The quantitative estimate of drug-likeness (QED) is 0.857. The van der Waals surface area contributed by atoms with E-state index in [4.69, 9.17) is 0 Å². The maximum Gasteiger partial charge on any atom is 0.223 e. The molecule has 4 aliphatic heterocycles. The van der Waals surface area contributed by atoms with Gasteiger partial charge in [0.2, 0.25) is 5.91 Å². The summed E-state index contributed by atoms with van der Waals surface area (Å²) in [5, 5.41) is 0. The second-order valence-electron chi connectivity index (χ2n) is 8.07. The van der Waals surface area contributed by atoms with Crippen LogP contribution in [-0.4, -0.2) is 47.4 Å². The SMILES string of the molecule is O=C(CC1CC1)N1C[C@@H](c2ccccc2)[C@@H]2[C@H]1C1CCN2CC1. The number of benzene rings is 1. The summed E-state index contributed by atoms with van der Waals surface area (Å²) in [4.78, 5) is 17.9. The van der Waals surface area contributed by atoms with E-state index in [9.17, 15) is 4.79 Å². The number of nitrogens with zero attached hydrogens (tertiary/aromatic N) is 2. The topological polar surface area (TPSA) is 23.6 Å². The monoisotopic (exact) mass is 310 g/mol. The fourth-order valence-electron chi connectivity index (χ4n) is 5.38. The minimum atomic E-state index is 0.440. The molecule has 23 heavy (non-hydrogen) atoms. The smallest absolute Gasteiger partial charge is 0.223 e. The largest absolute Gasteiger partial charge is 0.337 e. The number of carbonyl (C=O) groups excluding carboxylic acids is 1. The summed E-state index contributed by atoms with van der Waals surface area (Å²) in [6.45, 7) is 3.41. The Morgan fingerprint density at radius 3 is 2.43 bits per heavy atom.